The molecular weight excluding hydrogens is 753 g/mol. The van der Waals surface area contributed by atoms with Crippen molar-refractivity contribution in [2.45, 2.75) is 355 Å². The fourth-order valence-corrected chi connectivity index (χ4v) is 9.41. The van der Waals surface area contributed by atoms with Gasteiger partial charge < -0.3 is 4.74 Å². The van der Waals surface area contributed by atoms with Crippen LogP contribution in [-0.4, -0.2) is 12.6 Å². The van der Waals surface area contributed by atoms with E-state index in [1.807, 2.05) is 0 Å². The number of ether oxygens (including phenoxy) is 1. The standard InChI is InChI=1S/C60H118O2/c1-4-6-7-8-9-10-11-12-13-32-36-39-42-45-48-51-54-57-60(61)62-58-55-52-49-46-43-40-37-34-31-29-27-25-23-21-19-17-15-14-16-18-20-22-24-26-28-30-33-35-38-41-44-47-50-53-56-59(3)5-2/h12-13,59H,4-11,14-58H2,1-3H3. The van der Waals surface area contributed by atoms with Crippen LogP contribution in [0.2, 0.25) is 0 Å². The molecule has 0 saturated heterocycles. The maximum Gasteiger partial charge on any atom is 0.305 e. The van der Waals surface area contributed by atoms with E-state index in [1.54, 1.807) is 0 Å². The number of esters is 1. The number of hydrogen-bond donors (Lipinski definition) is 0. The summed E-state index contributed by atoms with van der Waals surface area (Å²) in [4.78, 5) is 12.1. The van der Waals surface area contributed by atoms with Gasteiger partial charge in [-0.1, -0.05) is 322 Å². The van der Waals surface area contributed by atoms with Crippen molar-refractivity contribution in [3.63, 3.8) is 0 Å². The van der Waals surface area contributed by atoms with Crippen LogP contribution in [0.3, 0.4) is 0 Å². The van der Waals surface area contributed by atoms with Crippen LogP contribution < -0.4 is 0 Å². The summed E-state index contributed by atoms with van der Waals surface area (Å²) in [5.74, 6) is 0.968. The first kappa shape index (κ1) is 61.2. The van der Waals surface area contributed by atoms with Crippen LogP contribution in [-0.2, 0) is 9.53 Å². The van der Waals surface area contributed by atoms with Crippen molar-refractivity contribution in [2.75, 3.05) is 6.61 Å². The normalized spacial score (nSPS) is 12.2. The Hall–Kier alpha value is -0.790. The Kier molecular flexibility index (Phi) is 55.6. The smallest absolute Gasteiger partial charge is 0.305 e. The number of carbonyl (C=O) groups excluding carboxylic acids is 1. The van der Waals surface area contributed by atoms with Gasteiger partial charge in [0.2, 0.25) is 0 Å². The number of hydrogen-bond acceptors (Lipinski definition) is 2. The SMILES string of the molecule is CCCCCCCCC=CCCCCCCCCCC(=O)OCCCCCCCCCCCCCCCCCCCCCCCCCCCCCCCCCCCCC(C)CC. The van der Waals surface area contributed by atoms with E-state index in [4.69, 9.17) is 4.74 Å². The van der Waals surface area contributed by atoms with Crippen molar-refractivity contribution in [2.24, 2.45) is 5.92 Å². The molecule has 0 rings (SSSR count). The Morgan fingerprint density at radius 1 is 0.339 bits per heavy atom. The fourth-order valence-electron chi connectivity index (χ4n) is 9.41. The van der Waals surface area contributed by atoms with E-state index in [0.29, 0.717) is 13.0 Å². The van der Waals surface area contributed by atoms with Crippen LogP contribution in [0.25, 0.3) is 0 Å². The van der Waals surface area contributed by atoms with Crippen molar-refractivity contribution < 1.29 is 9.53 Å². The van der Waals surface area contributed by atoms with E-state index in [9.17, 15) is 4.79 Å². The highest BCUT2D eigenvalue weighted by atomic mass is 16.5. The zero-order valence-electron chi connectivity index (χ0n) is 43.5. The molecule has 0 aromatic rings. The summed E-state index contributed by atoms with van der Waals surface area (Å²) in [6.07, 6.45) is 76.8. The molecule has 2 nitrogen and oxygen atoms in total. The zero-order valence-corrected chi connectivity index (χ0v) is 43.5. The fraction of sp³-hybridized carbons (Fsp3) is 0.950. The Morgan fingerprint density at radius 2 is 0.597 bits per heavy atom. The van der Waals surface area contributed by atoms with E-state index >= 15 is 0 Å². The van der Waals surface area contributed by atoms with E-state index in [0.717, 1.165) is 18.8 Å². The highest BCUT2D eigenvalue weighted by molar-refractivity contribution is 5.69. The van der Waals surface area contributed by atoms with Gasteiger partial charge in [-0.05, 0) is 44.4 Å². The molecule has 0 spiro atoms. The minimum absolute atomic E-state index is 0.0269. The van der Waals surface area contributed by atoms with Gasteiger partial charge in [-0.3, -0.25) is 4.79 Å². The number of rotatable bonds is 55. The van der Waals surface area contributed by atoms with Crippen molar-refractivity contribution in [3.05, 3.63) is 12.2 Å². The predicted octanol–water partition coefficient (Wildman–Crippen LogP) is 22.0. The van der Waals surface area contributed by atoms with Crippen molar-refractivity contribution in [1.29, 1.82) is 0 Å². The highest BCUT2D eigenvalue weighted by Gasteiger charge is 2.03. The lowest BCUT2D eigenvalue weighted by Gasteiger charge is -2.07. The van der Waals surface area contributed by atoms with Crippen molar-refractivity contribution in [3.8, 4) is 0 Å². The summed E-state index contributed by atoms with van der Waals surface area (Å²) < 4.78 is 5.50. The summed E-state index contributed by atoms with van der Waals surface area (Å²) in [6.45, 7) is 7.65. The van der Waals surface area contributed by atoms with Gasteiger partial charge in [-0.2, -0.15) is 0 Å². The summed E-state index contributed by atoms with van der Waals surface area (Å²) >= 11 is 0. The Balaban J connectivity index is 3.15. The maximum atomic E-state index is 12.1. The lowest BCUT2D eigenvalue weighted by Crippen LogP contribution is -2.05. The summed E-state index contributed by atoms with van der Waals surface area (Å²) in [6, 6.07) is 0. The van der Waals surface area contributed by atoms with E-state index in [-0.39, 0.29) is 5.97 Å². The molecule has 2 heteroatoms. The van der Waals surface area contributed by atoms with Gasteiger partial charge in [0.05, 0.1) is 6.61 Å². The van der Waals surface area contributed by atoms with Gasteiger partial charge in [-0.25, -0.2) is 0 Å². The second-order valence-electron chi connectivity index (χ2n) is 20.6. The van der Waals surface area contributed by atoms with Gasteiger partial charge in [0.1, 0.15) is 0 Å². The van der Waals surface area contributed by atoms with Crippen LogP contribution in [0.4, 0.5) is 0 Å². The lowest BCUT2D eigenvalue weighted by atomic mass is 9.99. The summed E-state index contributed by atoms with van der Waals surface area (Å²) in [5.41, 5.74) is 0. The number of unbranched alkanes of at least 4 members (excludes halogenated alkanes) is 46. The average molecular weight is 872 g/mol. The van der Waals surface area contributed by atoms with Crippen LogP contribution in [0.5, 0.6) is 0 Å². The number of allylic oxidation sites excluding steroid dienone is 2. The average Bonchev–Trinajstić information content (AvgIpc) is 3.28. The molecule has 1 atom stereocenters. The third-order valence-electron chi connectivity index (χ3n) is 14.2. The van der Waals surface area contributed by atoms with Gasteiger partial charge in [0.15, 0.2) is 0 Å². The minimum Gasteiger partial charge on any atom is -0.466 e. The van der Waals surface area contributed by atoms with Gasteiger partial charge in [0, 0.05) is 6.42 Å². The largest absolute Gasteiger partial charge is 0.466 e. The molecule has 1 unspecified atom stereocenters. The minimum atomic E-state index is 0.0269. The van der Waals surface area contributed by atoms with Crippen LogP contribution in [0, 0.1) is 5.92 Å². The predicted molar refractivity (Wildman–Crippen MR) is 281 cm³/mol. The van der Waals surface area contributed by atoms with E-state index in [2.05, 4.69) is 32.9 Å². The Labute approximate surface area is 393 Å². The molecule has 0 aliphatic carbocycles. The molecule has 0 fully saturated rings. The molecule has 0 N–H and O–H groups in total. The van der Waals surface area contributed by atoms with E-state index in [1.165, 1.54) is 315 Å². The Morgan fingerprint density at radius 3 is 0.903 bits per heavy atom. The molecule has 0 aromatic heterocycles. The topological polar surface area (TPSA) is 26.3 Å². The molecule has 370 valence electrons. The first-order valence-corrected chi connectivity index (χ1v) is 29.5. The van der Waals surface area contributed by atoms with Crippen LogP contribution in [0.15, 0.2) is 12.2 Å². The second kappa shape index (κ2) is 56.3. The molecule has 0 amide bonds. The zero-order chi connectivity index (χ0) is 44.8. The van der Waals surface area contributed by atoms with E-state index < -0.39 is 0 Å². The Bertz CT molecular complexity index is 833. The molecular formula is C60H118O2. The van der Waals surface area contributed by atoms with Gasteiger partial charge in [-0.15, -0.1) is 0 Å². The summed E-state index contributed by atoms with van der Waals surface area (Å²) in [5, 5.41) is 0. The highest BCUT2D eigenvalue weighted by Crippen LogP contribution is 2.19. The molecule has 0 aliphatic rings. The molecule has 0 radical (unpaired) electrons. The second-order valence-corrected chi connectivity index (χ2v) is 20.6. The summed E-state index contributed by atoms with van der Waals surface area (Å²) in [7, 11) is 0. The first-order valence-electron chi connectivity index (χ1n) is 29.5. The van der Waals surface area contributed by atoms with Crippen LogP contribution >= 0.6 is 0 Å². The van der Waals surface area contributed by atoms with Gasteiger partial charge in [0.25, 0.3) is 0 Å². The van der Waals surface area contributed by atoms with Gasteiger partial charge >= 0.3 is 5.97 Å². The van der Waals surface area contributed by atoms with Crippen molar-refractivity contribution in [1.82, 2.24) is 0 Å². The third kappa shape index (κ3) is 55.3. The maximum absolute atomic E-state index is 12.1. The quantitative estimate of drug-likeness (QED) is 0.0346. The molecule has 0 aromatic carbocycles. The lowest BCUT2D eigenvalue weighted by molar-refractivity contribution is -0.143. The van der Waals surface area contributed by atoms with Crippen molar-refractivity contribution >= 4 is 5.97 Å². The molecule has 0 aliphatic heterocycles. The molecule has 0 saturated carbocycles. The molecule has 0 heterocycles. The molecule has 0 bridgehead atoms. The molecule has 62 heavy (non-hydrogen) atoms. The number of carbonyl (C=O) groups is 1. The third-order valence-corrected chi connectivity index (χ3v) is 14.2. The van der Waals surface area contributed by atoms with Crippen LogP contribution in [0.1, 0.15) is 355 Å². The first-order chi connectivity index (χ1) is 30.7. The monoisotopic (exact) mass is 871 g/mol.